The first-order valence-corrected chi connectivity index (χ1v) is 10.5. The summed E-state index contributed by atoms with van der Waals surface area (Å²) in [6.07, 6.45) is 4.61. The molecule has 24 heavy (non-hydrogen) atoms. The summed E-state index contributed by atoms with van der Waals surface area (Å²) in [5, 5.41) is 3.46. The molecule has 0 spiro atoms. The number of hydrogen-bond acceptors (Lipinski definition) is 3. The molecule has 1 aliphatic rings. The first-order chi connectivity index (χ1) is 11.8. The van der Waals surface area contributed by atoms with Crippen LogP contribution in [0.15, 0.2) is 35.3 Å². The van der Waals surface area contributed by atoms with Crippen molar-refractivity contribution in [3.05, 3.63) is 35.9 Å². The molecule has 1 heterocycles. The van der Waals surface area contributed by atoms with Gasteiger partial charge in [-0.2, -0.15) is 11.8 Å². The molecule has 1 fully saturated rings. The van der Waals surface area contributed by atoms with E-state index < -0.39 is 0 Å². The quantitative estimate of drug-likeness (QED) is 0.445. The molecule has 5 heteroatoms. The number of piperazine rings is 1. The van der Waals surface area contributed by atoms with Gasteiger partial charge in [0.25, 0.3) is 0 Å². The molecule has 0 atom stereocenters. The highest BCUT2D eigenvalue weighted by Crippen LogP contribution is 2.09. The van der Waals surface area contributed by atoms with Gasteiger partial charge < -0.3 is 10.2 Å². The van der Waals surface area contributed by atoms with Crippen molar-refractivity contribution in [2.24, 2.45) is 4.99 Å². The van der Waals surface area contributed by atoms with Crippen molar-refractivity contribution in [1.29, 1.82) is 0 Å². The number of thioether (sulfide) groups is 1. The summed E-state index contributed by atoms with van der Waals surface area (Å²) in [4.78, 5) is 9.77. The van der Waals surface area contributed by atoms with Gasteiger partial charge in [0, 0.05) is 45.8 Å². The lowest BCUT2D eigenvalue weighted by atomic mass is 10.2. The highest BCUT2D eigenvalue weighted by molar-refractivity contribution is 7.98. The molecule has 1 aromatic carbocycles. The van der Waals surface area contributed by atoms with Crippen LogP contribution >= 0.6 is 11.8 Å². The molecule has 0 saturated carbocycles. The molecule has 1 aliphatic heterocycles. The zero-order chi connectivity index (χ0) is 17.0. The standard InChI is InChI=1S/C19H32N4S/c1-3-20-19(21-11-7-8-16-24-2)23-14-12-22(13-15-23)17-18-9-5-4-6-10-18/h4-6,9-10H,3,7-8,11-17H2,1-2H3,(H,20,21). The molecule has 2 rings (SSSR count). The maximum absolute atomic E-state index is 4.82. The molecule has 0 aliphatic carbocycles. The molecule has 0 bridgehead atoms. The van der Waals surface area contributed by atoms with Crippen LogP contribution in [0.5, 0.6) is 0 Å². The van der Waals surface area contributed by atoms with Crippen molar-refractivity contribution in [1.82, 2.24) is 15.1 Å². The van der Waals surface area contributed by atoms with Crippen molar-refractivity contribution in [2.45, 2.75) is 26.3 Å². The van der Waals surface area contributed by atoms with Crippen LogP contribution in [-0.2, 0) is 6.54 Å². The van der Waals surface area contributed by atoms with Gasteiger partial charge in [-0.3, -0.25) is 9.89 Å². The largest absolute Gasteiger partial charge is 0.357 e. The first kappa shape index (κ1) is 19.1. The summed E-state index contributed by atoms with van der Waals surface area (Å²) in [6.45, 7) is 9.40. The molecule has 0 radical (unpaired) electrons. The lowest BCUT2D eigenvalue weighted by molar-refractivity contribution is 0.172. The van der Waals surface area contributed by atoms with Gasteiger partial charge in [0.05, 0.1) is 0 Å². The van der Waals surface area contributed by atoms with E-state index in [0.717, 1.165) is 51.8 Å². The van der Waals surface area contributed by atoms with Crippen LogP contribution in [0.1, 0.15) is 25.3 Å². The second-order valence-corrected chi connectivity index (χ2v) is 7.17. The van der Waals surface area contributed by atoms with Crippen molar-refractivity contribution in [3.8, 4) is 0 Å². The van der Waals surface area contributed by atoms with E-state index in [4.69, 9.17) is 4.99 Å². The number of nitrogens with one attached hydrogen (secondary N) is 1. The Labute approximate surface area is 151 Å². The zero-order valence-electron chi connectivity index (χ0n) is 15.2. The van der Waals surface area contributed by atoms with E-state index in [-0.39, 0.29) is 0 Å². The Bertz CT molecular complexity index is 470. The molecule has 1 aromatic rings. The molecular formula is C19H32N4S. The second kappa shape index (κ2) is 11.4. The number of nitrogens with zero attached hydrogens (tertiary/aromatic N) is 3. The van der Waals surface area contributed by atoms with Gasteiger partial charge >= 0.3 is 0 Å². The average Bonchev–Trinajstić information content (AvgIpc) is 2.62. The van der Waals surface area contributed by atoms with Gasteiger partial charge in [0.1, 0.15) is 0 Å². The predicted octanol–water partition coefficient (Wildman–Crippen LogP) is 2.91. The fraction of sp³-hybridized carbons (Fsp3) is 0.632. The topological polar surface area (TPSA) is 30.9 Å². The molecule has 1 N–H and O–H groups in total. The number of guanidine groups is 1. The van der Waals surface area contributed by atoms with Gasteiger partial charge in [0.2, 0.25) is 0 Å². The van der Waals surface area contributed by atoms with Crippen LogP contribution in [0.25, 0.3) is 0 Å². The molecule has 1 saturated heterocycles. The highest BCUT2D eigenvalue weighted by Gasteiger charge is 2.19. The molecular weight excluding hydrogens is 316 g/mol. The molecule has 134 valence electrons. The fourth-order valence-corrected chi connectivity index (χ4v) is 3.42. The van der Waals surface area contributed by atoms with E-state index in [0.29, 0.717) is 0 Å². The minimum Gasteiger partial charge on any atom is -0.357 e. The number of aliphatic imine (C=N–C) groups is 1. The van der Waals surface area contributed by atoms with Crippen LogP contribution in [0.2, 0.25) is 0 Å². The van der Waals surface area contributed by atoms with Gasteiger partial charge in [0.15, 0.2) is 5.96 Å². The summed E-state index contributed by atoms with van der Waals surface area (Å²) < 4.78 is 0. The zero-order valence-corrected chi connectivity index (χ0v) is 16.0. The molecule has 4 nitrogen and oxygen atoms in total. The molecule has 0 aromatic heterocycles. The lowest BCUT2D eigenvalue weighted by Gasteiger charge is -2.36. The third-order valence-corrected chi connectivity index (χ3v) is 4.97. The van der Waals surface area contributed by atoms with Crippen molar-refractivity contribution in [2.75, 3.05) is 51.3 Å². The van der Waals surface area contributed by atoms with E-state index >= 15 is 0 Å². The Kier molecular flexibility index (Phi) is 9.06. The van der Waals surface area contributed by atoms with Crippen LogP contribution in [0.3, 0.4) is 0 Å². The first-order valence-electron chi connectivity index (χ1n) is 9.12. The summed E-state index contributed by atoms with van der Waals surface area (Å²) in [5.41, 5.74) is 1.40. The number of hydrogen-bond donors (Lipinski definition) is 1. The van der Waals surface area contributed by atoms with Crippen molar-refractivity contribution >= 4 is 17.7 Å². The fourth-order valence-electron chi connectivity index (χ4n) is 2.93. The Morgan fingerprint density at radius 3 is 2.54 bits per heavy atom. The van der Waals surface area contributed by atoms with Gasteiger partial charge in [-0.05, 0) is 37.3 Å². The number of rotatable bonds is 8. The second-order valence-electron chi connectivity index (χ2n) is 6.18. The highest BCUT2D eigenvalue weighted by atomic mass is 32.2. The van der Waals surface area contributed by atoms with Gasteiger partial charge in [-0.25, -0.2) is 0 Å². The lowest BCUT2D eigenvalue weighted by Crippen LogP contribution is -2.52. The van der Waals surface area contributed by atoms with Crippen molar-refractivity contribution in [3.63, 3.8) is 0 Å². The maximum atomic E-state index is 4.82. The maximum Gasteiger partial charge on any atom is 0.194 e. The third kappa shape index (κ3) is 6.73. The predicted molar refractivity (Wildman–Crippen MR) is 107 cm³/mol. The Morgan fingerprint density at radius 2 is 1.88 bits per heavy atom. The molecule has 0 unspecified atom stereocenters. The molecule has 0 amide bonds. The number of unbranched alkanes of at least 4 members (excludes halogenated alkanes) is 1. The van der Waals surface area contributed by atoms with E-state index in [9.17, 15) is 0 Å². The average molecular weight is 349 g/mol. The Balaban J connectivity index is 1.78. The Morgan fingerprint density at radius 1 is 1.12 bits per heavy atom. The van der Waals surface area contributed by atoms with Gasteiger partial charge in [-0.1, -0.05) is 30.3 Å². The van der Waals surface area contributed by atoms with E-state index in [2.05, 4.69) is 58.6 Å². The minimum absolute atomic E-state index is 0.938. The van der Waals surface area contributed by atoms with Crippen LogP contribution in [-0.4, -0.2) is 67.0 Å². The van der Waals surface area contributed by atoms with Crippen LogP contribution in [0.4, 0.5) is 0 Å². The van der Waals surface area contributed by atoms with Crippen LogP contribution in [0, 0.1) is 0 Å². The minimum atomic E-state index is 0.938. The smallest absolute Gasteiger partial charge is 0.194 e. The Hall–Kier alpha value is -1.20. The van der Waals surface area contributed by atoms with E-state index in [1.807, 2.05) is 11.8 Å². The third-order valence-electron chi connectivity index (χ3n) is 4.27. The number of benzene rings is 1. The summed E-state index contributed by atoms with van der Waals surface area (Å²) in [7, 11) is 0. The summed E-state index contributed by atoms with van der Waals surface area (Å²) in [6, 6.07) is 10.8. The van der Waals surface area contributed by atoms with Crippen LogP contribution < -0.4 is 5.32 Å². The monoisotopic (exact) mass is 348 g/mol. The van der Waals surface area contributed by atoms with Crippen molar-refractivity contribution < 1.29 is 0 Å². The van der Waals surface area contributed by atoms with E-state index in [1.165, 1.54) is 24.2 Å². The summed E-state index contributed by atoms with van der Waals surface area (Å²) >= 11 is 1.92. The normalized spacial score (nSPS) is 16.4. The summed E-state index contributed by atoms with van der Waals surface area (Å²) in [5.74, 6) is 2.34. The van der Waals surface area contributed by atoms with E-state index in [1.54, 1.807) is 0 Å². The SMILES string of the molecule is CCNC(=NCCCCSC)N1CCN(Cc2ccccc2)CC1. The van der Waals surface area contributed by atoms with Gasteiger partial charge in [-0.15, -0.1) is 0 Å².